The van der Waals surface area contributed by atoms with Crippen LogP contribution in [0.25, 0.3) is 0 Å². The Hall–Kier alpha value is -1.16. The average molecular weight is 355 g/mol. The highest BCUT2D eigenvalue weighted by molar-refractivity contribution is 7.90. The number of carbonyl (C=O) groups is 1. The van der Waals surface area contributed by atoms with Gasteiger partial charge in [-0.05, 0) is 25.1 Å². The van der Waals surface area contributed by atoms with Crippen LogP contribution in [-0.2, 0) is 19.9 Å². The van der Waals surface area contributed by atoms with Crippen molar-refractivity contribution in [2.24, 2.45) is 5.14 Å². The molecule has 0 radical (unpaired) electrons. The second kappa shape index (κ2) is 6.30. The van der Waals surface area contributed by atoms with E-state index in [1.807, 2.05) is 0 Å². The van der Waals surface area contributed by atoms with Crippen LogP contribution < -0.4 is 10.5 Å². The second-order valence-electron chi connectivity index (χ2n) is 4.69. The molecule has 1 atom stereocenters. The van der Waals surface area contributed by atoms with Gasteiger partial charge in [0.1, 0.15) is 9.84 Å². The number of rotatable bonds is 5. The fourth-order valence-corrected chi connectivity index (χ4v) is 3.53. The highest BCUT2D eigenvalue weighted by Gasteiger charge is 2.17. The first-order chi connectivity index (χ1) is 9.38. The number of primary sulfonamides is 1. The molecule has 0 aliphatic rings. The molecule has 0 saturated heterocycles. The molecule has 0 aliphatic heterocycles. The Morgan fingerprint density at radius 1 is 1.29 bits per heavy atom. The van der Waals surface area contributed by atoms with E-state index in [-0.39, 0.29) is 21.2 Å². The normalized spacial score (nSPS) is 13.7. The molecule has 0 aliphatic carbocycles. The summed E-state index contributed by atoms with van der Waals surface area (Å²) in [6.07, 6.45) is 1.05. The molecule has 21 heavy (non-hydrogen) atoms. The molecule has 0 aromatic heterocycles. The zero-order valence-electron chi connectivity index (χ0n) is 11.3. The molecule has 1 rings (SSSR count). The van der Waals surface area contributed by atoms with Crippen LogP contribution in [0, 0.1) is 0 Å². The number of nitrogens with two attached hydrogens (primary N) is 1. The number of hydrogen-bond acceptors (Lipinski definition) is 5. The summed E-state index contributed by atoms with van der Waals surface area (Å²) in [6.45, 7) is 1.52. The summed E-state index contributed by atoms with van der Waals surface area (Å²) in [7, 11) is -7.25. The number of amides is 1. The number of sulfonamides is 1. The molecule has 0 spiro atoms. The molecular weight excluding hydrogens is 340 g/mol. The van der Waals surface area contributed by atoms with Crippen molar-refractivity contribution in [3.8, 4) is 0 Å². The first-order valence-electron chi connectivity index (χ1n) is 5.70. The van der Waals surface area contributed by atoms with Gasteiger partial charge >= 0.3 is 0 Å². The van der Waals surface area contributed by atoms with Crippen molar-refractivity contribution >= 4 is 37.4 Å². The Bertz CT molecular complexity index is 759. The number of benzene rings is 1. The van der Waals surface area contributed by atoms with Crippen LogP contribution >= 0.6 is 11.6 Å². The van der Waals surface area contributed by atoms with Gasteiger partial charge in [-0.2, -0.15) is 0 Å². The first-order valence-corrected chi connectivity index (χ1v) is 9.69. The highest BCUT2D eigenvalue weighted by atomic mass is 35.5. The van der Waals surface area contributed by atoms with Gasteiger partial charge in [-0.15, -0.1) is 0 Å². The molecule has 0 saturated carbocycles. The fraction of sp³-hybridized carbons (Fsp3) is 0.364. The summed E-state index contributed by atoms with van der Waals surface area (Å²) in [5, 5.41) is 7.46. The third-order valence-corrected chi connectivity index (χ3v) is 4.61. The zero-order chi connectivity index (χ0) is 16.4. The Morgan fingerprint density at radius 2 is 1.86 bits per heavy atom. The third kappa shape index (κ3) is 6.00. The quantitative estimate of drug-likeness (QED) is 0.779. The number of carbonyl (C=O) groups excluding carboxylic acids is 1. The molecule has 3 N–H and O–H groups in total. The lowest BCUT2D eigenvalue weighted by molar-refractivity contribution is 0.0943. The Morgan fingerprint density at radius 3 is 2.33 bits per heavy atom. The molecule has 1 unspecified atom stereocenters. The molecule has 0 heterocycles. The lowest BCUT2D eigenvalue weighted by atomic mass is 10.2. The smallest absolute Gasteiger partial charge is 0.251 e. The van der Waals surface area contributed by atoms with Gasteiger partial charge in [0.15, 0.2) is 0 Å². The molecule has 1 aromatic carbocycles. The van der Waals surface area contributed by atoms with Crippen LogP contribution in [-0.4, -0.2) is 40.8 Å². The van der Waals surface area contributed by atoms with E-state index in [1.165, 1.54) is 13.0 Å². The predicted octanol–water partition coefficient (Wildman–Crippen LogP) is 0.150. The van der Waals surface area contributed by atoms with Gasteiger partial charge in [-0.1, -0.05) is 11.6 Å². The number of nitrogens with one attached hydrogen (secondary N) is 1. The van der Waals surface area contributed by atoms with Crippen molar-refractivity contribution in [2.75, 3.05) is 12.0 Å². The molecule has 0 bridgehead atoms. The highest BCUT2D eigenvalue weighted by Crippen LogP contribution is 2.18. The molecule has 118 valence electrons. The fourth-order valence-electron chi connectivity index (χ4n) is 1.66. The summed E-state index contributed by atoms with van der Waals surface area (Å²) in [6, 6.07) is 2.82. The van der Waals surface area contributed by atoms with E-state index in [2.05, 4.69) is 5.32 Å². The summed E-state index contributed by atoms with van der Waals surface area (Å²) < 4.78 is 44.8. The van der Waals surface area contributed by atoms with Crippen LogP contribution in [0.15, 0.2) is 23.1 Å². The van der Waals surface area contributed by atoms with E-state index in [4.69, 9.17) is 16.7 Å². The lowest BCUT2D eigenvalue weighted by Gasteiger charge is -2.13. The maximum atomic E-state index is 12.0. The van der Waals surface area contributed by atoms with Gasteiger partial charge in [0.05, 0.1) is 10.6 Å². The molecule has 1 aromatic rings. The van der Waals surface area contributed by atoms with Crippen LogP contribution in [0.1, 0.15) is 17.3 Å². The molecule has 0 fully saturated rings. The summed E-state index contributed by atoms with van der Waals surface area (Å²) >= 11 is 5.75. The maximum absolute atomic E-state index is 12.0. The maximum Gasteiger partial charge on any atom is 0.251 e. The monoisotopic (exact) mass is 354 g/mol. The average Bonchev–Trinajstić information content (AvgIpc) is 2.23. The Balaban J connectivity index is 3.01. The van der Waals surface area contributed by atoms with Gasteiger partial charge in [-0.25, -0.2) is 22.0 Å². The number of sulfone groups is 1. The van der Waals surface area contributed by atoms with Crippen molar-refractivity contribution in [1.82, 2.24) is 5.32 Å². The molecular formula is C11H15ClN2O5S2. The van der Waals surface area contributed by atoms with Crippen molar-refractivity contribution in [3.05, 3.63) is 28.8 Å². The molecule has 7 nitrogen and oxygen atoms in total. The molecule has 1 amide bonds. The largest absolute Gasteiger partial charge is 0.349 e. The second-order valence-corrected chi connectivity index (χ2v) is 8.87. The minimum Gasteiger partial charge on any atom is -0.349 e. The number of hydrogen-bond donors (Lipinski definition) is 2. The topological polar surface area (TPSA) is 123 Å². The van der Waals surface area contributed by atoms with Crippen LogP contribution in [0.3, 0.4) is 0 Å². The van der Waals surface area contributed by atoms with Crippen molar-refractivity contribution in [3.63, 3.8) is 0 Å². The lowest BCUT2D eigenvalue weighted by Crippen LogP contribution is -2.37. The predicted molar refractivity (Wildman–Crippen MR) is 79.5 cm³/mol. The van der Waals surface area contributed by atoms with Crippen molar-refractivity contribution in [1.29, 1.82) is 0 Å². The van der Waals surface area contributed by atoms with Gasteiger partial charge < -0.3 is 5.32 Å². The van der Waals surface area contributed by atoms with Gasteiger partial charge in [0.25, 0.3) is 5.91 Å². The van der Waals surface area contributed by atoms with E-state index >= 15 is 0 Å². The van der Waals surface area contributed by atoms with E-state index < -0.39 is 31.8 Å². The zero-order valence-corrected chi connectivity index (χ0v) is 13.7. The summed E-state index contributed by atoms with van der Waals surface area (Å²) in [5.74, 6) is -0.875. The SMILES string of the molecule is CC(CS(C)(=O)=O)NC(=O)c1cc(Cl)cc(S(N)(=O)=O)c1. The Labute approximate surface area is 128 Å². The van der Waals surface area contributed by atoms with Crippen LogP contribution in [0.2, 0.25) is 5.02 Å². The third-order valence-electron chi connectivity index (χ3n) is 2.39. The number of halogens is 1. The van der Waals surface area contributed by atoms with Crippen LogP contribution in [0.4, 0.5) is 0 Å². The van der Waals surface area contributed by atoms with Crippen LogP contribution in [0.5, 0.6) is 0 Å². The summed E-state index contributed by atoms with van der Waals surface area (Å²) in [5.41, 5.74) is -0.0214. The van der Waals surface area contributed by atoms with Gasteiger partial charge in [-0.3, -0.25) is 4.79 Å². The van der Waals surface area contributed by atoms with E-state index in [9.17, 15) is 21.6 Å². The summed E-state index contributed by atoms with van der Waals surface area (Å²) in [4.78, 5) is 11.7. The Kier molecular flexibility index (Phi) is 5.37. The van der Waals surface area contributed by atoms with Gasteiger partial charge in [0.2, 0.25) is 10.0 Å². The minimum atomic E-state index is -4.00. The molecule has 10 heteroatoms. The van der Waals surface area contributed by atoms with Gasteiger partial charge in [0, 0.05) is 22.9 Å². The standard InChI is InChI=1S/C11H15ClN2O5S2/c1-7(6-20(2,16)17)14-11(15)8-3-9(12)5-10(4-8)21(13,18)19/h3-5,7H,6H2,1-2H3,(H,14,15)(H2,13,18,19). The minimum absolute atomic E-state index is 0.0214. The van der Waals surface area contributed by atoms with E-state index in [1.54, 1.807) is 0 Å². The van der Waals surface area contributed by atoms with E-state index in [0.29, 0.717) is 0 Å². The van der Waals surface area contributed by atoms with Crippen molar-refractivity contribution < 1.29 is 21.6 Å². The van der Waals surface area contributed by atoms with E-state index in [0.717, 1.165) is 18.4 Å². The first kappa shape index (κ1) is 17.9. The van der Waals surface area contributed by atoms with Crippen molar-refractivity contribution in [2.45, 2.75) is 17.9 Å².